The second-order valence-corrected chi connectivity index (χ2v) is 8.92. The summed E-state index contributed by atoms with van der Waals surface area (Å²) in [5.74, 6) is 0.775. The molecule has 1 saturated heterocycles. The summed E-state index contributed by atoms with van der Waals surface area (Å²) in [7, 11) is 1.98. The molecule has 0 bridgehead atoms. The first-order valence-electron chi connectivity index (χ1n) is 11.0. The van der Waals surface area contributed by atoms with Crippen LogP contribution in [0.15, 0.2) is 0 Å². The van der Waals surface area contributed by atoms with Gasteiger partial charge in [0, 0.05) is 31.2 Å². The van der Waals surface area contributed by atoms with Gasteiger partial charge in [-0.25, -0.2) is 0 Å². The number of carbonyl (C=O) groups is 1. The van der Waals surface area contributed by atoms with Crippen LogP contribution in [0.1, 0.15) is 75.2 Å². The molecule has 152 valence electrons. The smallest absolute Gasteiger partial charge is 0.220 e. The number of carbonyl (C=O) groups excluding carboxylic acids is 1. The van der Waals surface area contributed by atoms with Crippen LogP contribution in [0.4, 0.5) is 0 Å². The predicted octanol–water partition coefficient (Wildman–Crippen LogP) is 3.52. The van der Waals surface area contributed by atoms with Gasteiger partial charge in [-0.2, -0.15) is 5.10 Å². The summed E-state index contributed by atoms with van der Waals surface area (Å²) in [5, 5.41) is 7.71. The molecule has 27 heavy (non-hydrogen) atoms. The zero-order valence-corrected chi connectivity index (χ0v) is 17.8. The summed E-state index contributed by atoms with van der Waals surface area (Å²) in [4.78, 5) is 15.2. The van der Waals surface area contributed by atoms with E-state index in [-0.39, 0.29) is 11.9 Å². The molecule has 1 aliphatic heterocycles. The molecule has 5 nitrogen and oxygen atoms in total. The summed E-state index contributed by atoms with van der Waals surface area (Å²) in [6, 6.07) is 0.973. The SMILES string of the molecule is Cc1nn(C)c(C)c1CC(C)NC(=O)CC1CCN(C2CCCCC2)CC1. The van der Waals surface area contributed by atoms with Crippen LogP contribution in [0.3, 0.4) is 0 Å². The lowest BCUT2D eigenvalue weighted by atomic mass is 9.88. The lowest BCUT2D eigenvalue weighted by Gasteiger charge is -2.39. The average Bonchev–Trinajstić information content (AvgIpc) is 2.89. The van der Waals surface area contributed by atoms with Crippen LogP contribution in [0.5, 0.6) is 0 Å². The fourth-order valence-electron chi connectivity index (χ4n) is 5.03. The van der Waals surface area contributed by atoms with Crippen molar-refractivity contribution in [1.29, 1.82) is 0 Å². The highest BCUT2D eigenvalue weighted by molar-refractivity contribution is 5.76. The molecule has 0 radical (unpaired) electrons. The number of rotatable bonds is 6. The third kappa shape index (κ3) is 5.34. The summed E-state index contributed by atoms with van der Waals surface area (Å²) < 4.78 is 1.93. The standard InChI is InChI=1S/C22H38N4O/c1-16(14-21-17(2)24-25(4)18(21)3)23-22(27)15-19-10-12-26(13-11-19)20-8-6-5-7-9-20/h16,19-20H,5-15H2,1-4H3,(H,23,27). The molecule has 0 spiro atoms. The Balaban J connectivity index is 1.40. The van der Waals surface area contributed by atoms with Gasteiger partial charge in [0.05, 0.1) is 5.69 Å². The molecule has 1 saturated carbocycles. The Bertz CT molecular complexity index is 625. The molecule has 1 N–H and O–H groups in total. The maximum absolute atomic E-state index is 12.5. The number of amides is 1. The molecule has 5 heteroatoms. The predicted molar refractivity (Wildman–Crippen MR) is 110 cm³/mol. The fourth-order valence-corrected chi connectivity index (χ4v) is 5.03. The van der Waals surface area contributed by atoms with Crippen molar-refractivity contribution in [2.24, 2.45) is 13.0 Å². The molecule has 3 rings (SSSR count). The fraction of sp³-hybridized carbons (Fsp3) is 0.818. The van der Waals surface area contributed by atoms with Crippen LogP contribution >= 0.6 is 0 Å². The van der Waals surface area contributed by atoms with Gasteiger partial charge in [0.15, 0.2) is 0 Å². The van der Waals surface area contributed by atoms with Gasteiger partial charge in [0.25, 0.3) is 0 Å². The second kappa shape index (κ2) is 9.22. The molecule has 1 aromatic rings. The molecule has 1 aliphatic carbocycles. The van der Waals surface area contributed by atoms with Crippen molar-refractivity contribution < 1.29 is 4.79 Å². The number of piperidine rings is 1. The maximum Gasteiger partial charge on any atom is 0.220 e. The minimum Gasteiger partial charge on any atom is -0.353 e. The van der Waals surface area contributed by atoms with Crippen molar-refractivity contribution >= 4 is 5.91 Å². The summed E-state index contributed by atoms with van der Waals surface area (Å²) in [6.45, 7) is 8.63. The Labute approximate surface area is 164 Å². The van der Waals surface area contributed by atoms with E-state index in [0.717, 1.165) is 18.2 Å². The zero-order valence-electron chi connectivity index (χ0n) is 17.8. The van der Waals surface area contributed by atoms with Crippen molar-refractivity contribution in [2.75, 3.05) is 13.1 Å². The first-order valence-corrected chi connectivity index (χ1v) is 11.0. The van der Waals surface area contributed by atoms with Crippen molar-refractivity contribution in [3.8, 4) is 0 Å². The molecule has 2 aliphatic rings. The van der Waals surface area contributed by atoms with E-state index in [1.807, 2.05) is 11.7 Å². The molecule has 1 unspecified atom stereocenters. The number of hydrogen-bond acceptors (Lipinski definition) is 3. The van der Waals surface area contributed by atoms with E-state index in [2.05, 4.69) is 36.1 Å². The lowest BCUT2D eigenvalue weighted by molar-refractivity contribution is -0.123. The van der Waals surface area contributed by atoms with Crippen molar-refractivity contribution in [3.63, 3.8) is 0 Å². The number of nitrogens with one attached hydrogen (secondary N) is 1. The minimum absolute atomic E-state index is 0.154. The van der Waals surface area contributed by atoms with Crippen LogP contribution in [0.2, 0.25) is 0 Å². The summed E-state index contributed by atoms with van der Waals surface area (Å²) in [5.41, 5.74) is 3.54. The van der Waals surface area contributed by atoms with Crippen LogP contribution in [0, 0.1) is 19.8 Å². The van der Waals surface area contributed by atoms with E-state index in [1.54, 1.807) is 0 Å². The Morgan fingerprint density at radius 2 is 1.81 bits per heavy atom. The van der Waals surface area contributed by atoms with E-state index in [0.29, 0.717) is 12.3 Å². The third-order valence-corrected chi connectivity index (χ3v) is 6.79. The molecular formula is C22H38N4O. The van der Waals surface area contributed by atoms with Crippen LogP contribution in [0.25, 0.3) is 0 Å². The molecule has 2 fully saturated rings. The van der Waals surface area contributed by atoms with E-state index in [9.17, 15) is 4.79 Å². The van der Waals surface area contributed by atoms with E-state index >= 15 is 0 Å². The van der Waals surface area contributed by atoms with Crippen LogP contribution in [-0.2, 0) is 18.3 Å². The van der Waals surface area contributed by atoms with Crippen molar-refractivity contribution in [1.82, 2.24) is 20.0 Å². The highest BCUT2D eigenvalue weighted by Gasteiger charge is 2.27. The normalized spacial score (nSPS) is 21.3. The molecule has 1 amide bonds. The van der Waals surface area contributed by atoms with Crippen LogP contribution < -0.4 is 5.32 Å². The van der Waals surface area contributed by atoms with Gasteiger partial charge in [-0.05, 0) is 77.4 Å². The quantitative estimate of drug-likeness (QED) is 0.829. The van der Waals surface area contributed by atoms with Gasteiger partial charge in [0.2, 0.25) is 5.91 Å². The van der Waals surface area contributed by atoms with Gasteiger partial charge in [-0.15, -0.1) is 0 Å². The Morgan fingerprint density at radius 1 is 1.15 bits per heavy atom. The van der Waals surface area contributed by atoms with E-state index in [4.69, 9.17) is 0 Å². The highest BCUT2D eigenvalue weighted by atomic mass is 16.1. The Kier molecular flexibility index (Phi) is 6.96. The maximum atomic E-state index is 12.5. The minimum atomic E-state index is 0.154. The molecule has 0 aromatic carbocycles. The van der Waals surface area contributed by atoms with Crippen LogP contribution in [-0.4, -0.2) is 45.8 Å². The van der Waals surface area contributed by atoms with Gasteiger partial charge >= 0.3 is 0 Å². The molecule has 1 aromatic heterocycles. The first-order chi connectivity index (χ1) is 12.9. The molecular weight excluding hydrogens is 336 g/mol. The number of aromatic nitrogens is 2. The van der Waals surface area contributed by atoms with Gasteiger partial charge in [0.1, 0.15) is 0 Å². The molecule has 2 heterocycles. The number of hydrogen-bond donors (Lipinski definition) is 1. The summed E-state index contributed by atoms with van der Waals surface area (Å²) >= 11 is 0. The Morgan fingerprint density at radius 3 is 2.41 bits per heavy atom. The zero-order chi connectivity index (χ0) is 19.4. The number of aryl methyl sites for hydroxylation is 2. The monoisotopic (exact) mass is 374 g/mol. The average molecular weight is 375 g/mol. The number of likely N-dealkylation sites (tertiary alicyclic amines) is 1. The van der Waals surface area contributed by atoms with Crippen molar-refractivity contribution in [2.45, 2.75) is 90.6 Å². The highest BCUT2D eigenvalue weighted by Crippen LogP contribution is 2.28. The summed E-state index contributed by atoms with van der Waals surface area (Å²) in [6.07, 6.45) is 10.9. The van der Waals surface area contributed by atoms with Gasteiger partial charge in [-0.1, -0.05) is 19.3 Å². The Hall–Kier alpha value is -1.36. The van der Waals surface area contributed by atoms with Gasteiger partial charge < -0.3 is 10.2 Å². The van der Waals surface area contributed by atoms with E-state index in [1.165, 1.54) is 69.3 Å². The third-order valence-electron chi connectivity index (χ3n) is 6.79. The lowest BCUT2D eigenvalue weighted by Crippen LogP contribution is -2.43. The number of nitrogens with zero attached hydrogens (tertiary/aromatic N) is 3. The first kappa shape index (κ1) is 20.4. The topological polar surface area (TPSA) is 50.2 Å². The van der Waals surface area contributed by atoms with Crippen molar-refractivity contribution in [3.05, 3.63) is 17.0 Å². The molecule has 1 atom stereocenters. The van der Waals surface area contributed by atoms with E-state index < -0.39 is 0 Å². The largest absolute Gasteiger partial charge is 0.353 e. The van der Waals surface area contributed by atoms with Gasteiger partial charge in [-0.3, -0.25) is 9.48 Å². The second-order valence-electron chi connectivity index (χ2n) is 8.92.